The summed E-state index contributed by atoms with van der Waals surface area (Å²) < 4.78 is 0. The highest BCUT2D eigenvalue weighted by Gasteiger charge is 2.23. The molecule has 1 saturated heterocycles. The lowest BCUT2D eigenvalue weighted by Gasteiger charge is -2.30. The van der Waals surface area contributed by atoms with Crippen LogP contribution in [-0.2, 0) is 0 Å². The molecule has 1 aliphatic heterocycles. The number of H-pyrrole nitrogens is 1. The van der Waals surface area contributed by atoms with Gasteiger partial charge < -0.3 is 15.6 Å². The van der Waals surface area contributed by atoms with Gasteiger partial charge in [0, 0.05) is 35.1 Å². The van der Waals surface area contributed by atoms with Crippen LogP contribution in [0, 0.1) is 5.92 Å². The Balaban J connectivity index is 0.00000208. The van der Waals surface area contributed by atoms with Crippen molar-refractivity contribution < 1.29 is 9.59 Å². The Morgan fingerprint density at radius 3 is 2.42 bits per heavy atom. The zero-order valence-corrected chi connectivity index (χ0v) is 14.4. The largest absolute Gasteiger partial charge is 0.367 e. The van der Waals surface area contributed by atoms with Gasteiger partial charge in [-0.1, -0.05) is 19.1 Å². The summed E-state index contributed by atoms with van der Waals surface area (Å²) in [4.78, 5) is 27.4. The Hall–Kier alpha value is -2.11. The van der Waals surface area contributed by atoms with Gasteiger partial charge in [-0.3, -0.25) is 9.59 Å². The summed E-state index contributed by atoms with van der Waals surface area (Å²) in [5, 5.41) is 6.41. The first-order chi connectivity index (χ1) is 11.1. The second-order valence-electron chi connectivity index (χ2n) is 6.06. The molecule has 24 heavy (non-hydrogen) atoms. The Bertz CT molecular complexity index is 683. The maximum absolute atomic E-state index is 12.3. The fraction of sp³-hybridized carbons (Fsp3) is 0.333. The highest BCUT2D eigenvalue weighted by molar-refractivity contribution is 6.09. The third-order valence-corrected chi connectivity index (χ3v) is 4.37. The van der Waals surface area contributed by atoms with Crippen LogP contribution in [0.4, 0.5) is 0 Å². The third kappa shape index (κ3) is 4.04. The Morgan fingerprint density at radius 2 is 1.79 bits per heavy atom. The molecule has 0 radical (unpaired) electrons. The van der Waals surface area contributed by atoms with E-state index in [1.165, 1.54) is 0 Å². The monoisotopic (exact) mass is 347 g/mol. The second-order valence-corrected chi connectivity index (χ2v) is 6.06. The quantitative estimate of drug-likeness (QED) is 0.743. The van der Waals surface area contributed by atoms with Crippen molar-refractivity contribution in [3.05, 3.63) is 59.4 Å². The summed E-state index contributed by atoms with van der Waals surface area (Å²) >= 11 is 0. The molecule has 3 rings (SSSR count). The summed E-state index contributed by atoms with van der Waals surface area (Å²) in [5.41, 5.74) is 1.78. The predicted molar refractivity (Wildman–Crippen MR) is 95.8 cm³/mol. The van der Waals surface area contributed by atoms with Crippen molar-refractivity contribution >= 4 is 24.1 Å². The fourth-order valence-electron chi connectivity index (χ4n) is 2.88. The number of halogens is 1. The maximum atomic E-state index is 12.3. The molecular weight excluding hydrogens is 326 g/mol. The number of piperidine rings is 1. The molecule has 2 atom stereocenters. The van der Waals surface area contributed by atoms with Gasteiger partial charge in [0.15, 0.2) is 5.78 Å². The van der Waals surface area contributed by atoms with Crippen LogP contribution in [0.25, 0.3) is 0 Å². The molecule has 1 aliphatic rings. The molecule has 0 saturated carbocycles. The predicted octanol–water partition coefficient (Wildman–Crippen LogP) is 2.40. The van der Waals surface area contributed by atoms with Gasteiger partial charge in [-0.15, -0.1) is 12.4 Å². The van der Waals surface area contributed by atoms with E-state index >= 15 is 0 Å². The number of carbonyl (C=O) groups is 2. The van der Waals surface area contributed by atoms with E-state index in [0.717, 1.165) is 19.5 Å². The Kier molecular flexibility index (Phi) is 6.17. The van der Waals surface area contributed by atoms with Crippen molar-refractivity contribution in [2.75, 3.05) is 13.1 Å². The zero-order valence-electron chi connectivity index (χ0n) is 13.5. The van der Waals surface area contributed by atoms with Crippen LogP contribution >= 0.6 is 12.4 Å². The minimum atomic E-state index is -0.0793. The number of hydrogen-bond donors (Lipinski definition) is 3. The third-order valence-electron chi connectivity index (χ3n) is 4.37. The van der Waals surface area contributed by atoms with Crippen molar-refractivity contribution in [1.29, 1.82) is 0 Å². The van der Waals surface area contributed by atoms with Crippen LogP contribution in [0.2, 0.25) is 0 Å². The number of nitrogens with one attached hydrogen (secondary N) is 3. The molecule has 2 aromatic rings. The fourth-order valence-corrected chi connectivity index (χ4v) is 2.88. The normalized spacial score (nSPS) is 20.0. The number of hydrogen-bond acceptors (Lipinski definition) is 3. The van der Waals surface area contributed by atoms with Gasteiger partial charge in [0.2, 0.25) is 0 Å². The molecular formula is C18H22ClN3O2. The summed E-state index contributed by atoms with van der Waals surface area (Å²) in [6.45, 7) is 3.99. The minimum Gasteiger partial charge on any atom is -0.367 e. The molecule has 0 spiro atoms. The van der Waals surface area contributed by atoms with Crippen LogP contribution in [0.15, 0.2) is 42.7 Å². The van der Waals surface area contributed by atoms with Gasteiger partial charge in [-0.05, 0) is 43.6 Å². The van der Waals surface area contributed by atoms with Crippen molar-refractivity contribution in [2.45, 2.75) is 19.4 Å². The van der Waals surface area contributed by atoms with E-state index < -0.39 is 0 Å². The molecule has 2 unspecified atom stereocenters. The second kappa shape index (κ2) is 8.13. The van der Waals surface area contributed by atoms with Crippen molar-refractivity contribution in [2.24, 2.45) is 5.92 Å². The summed E-state index contributed by atoms with van der Waals surface area (Å²) in [6, 6.07) is 8.76. The first-order valence-corrected chi connectivity index (χ1v) is 7.94. The molecule has 0 aliphatic carbocycles. The summed E-state index contributed by atoms with van der Waals surface area (Å²) in [5.74, 6) is 0.289. The molecule has 2 heterocycles. The SMILES string of the molecule is CC1CNCCC1NC(=O)c1ccc(C(=O)c2cc[nH]c2)cc1.Cl. The van der Waals surface area contributed by atoms with Gasteiger partial charge >= 0.3 is 0 Å². The first-order valence-electron chi connectivity index (χ1n) is 7.94. The number of benzene rings is 1. The molecule has 1 fully saturated rings. The van der Waals surface area contributed by atoms with Crippen molar-refractivity contribution in [3.8, 4) is 0 Å². The van der Waals surface area contributed by atoms with E-state index in [1.807, 2.05) is 0 Å². The van der Waals surface area contributed by atoms with Gasteiger partial charge in [-0.25, -0.2) is 0 Å². The number of rotatable bonds is 4. The average Bonchev–Trinajstić information content (AvgIpc) is 3.11. The molecule has 1 aromatic carbocycles. The van der Waals surface area contributed by atoms with Crippen LogP contribution in [0.5, 0.6) is 0 Å². The standard InChI is InChI=1S/C18H21N3O2.ClH/c1-12-10-19-9-7-16(12)21-18(23)14-4-2-13(3-5-14)17(22)15-6-8-20-11-15;/h2-6,8,11-12,16,19-20H,7,9-10H2,1H3,(H,21,23);1H. The number of ketones is 1. The number of aromatic nitrogens is 1. The number of amides is 1. The average molecular weight is 348 g/mol. The zero-order chi connectivity index (χ0) is 16.2. The van der Waals surface area contributed by atoms with Crippen LogP contribution in [0.1, 0.15) is 39.6 Å². The van der Waals surface area contributed by atoms with Crippen LogP contribution in [0.3, 0.4) is 0 Å². The molecule has 128 valence electrons. The smallest absolute Gasteiger partial charge is 0.251 e. The van der Waals surface area contributed by atoms with Gasteiger partial charge in [0.05, 0.1) is 0 Å². The van der Waals surface area contributed by atoms with Gasteiger partial charge in [0.25, 0.3) is 5.91 Å². The highest BCUT2D eigenvalue weighted by Crippen LogP contribution is 2.13. The van der Waals surface area contributed by atoms with E-state index in [-0.39, 0.29) is 30.1 Å². The molecule has 0 bridgehead atoms. The Labute approximate surface area is 147 Å². The summed E-state index contributed by atoms with van der Waals surface area (Å²) in [6.07, 6.45) is 4.33. The van der Waals surface area contributed by atoms with E-state index in [4.69, 9.17) is 0 Å². The molecule has 5 nitrogen and oxygen atoms in total. The van der Waals surface area contributed by atoms with Crippen molar-refractivity contribution in [3.63, 3.8) is 0 Å². The number of aromatic amines is 1. The summed E-state index contributed by atoms with van der Waals surface area (Å²) in [7, 11) is 0. The highest BCUT2D eigenvalue weighted by atomic mass is 35.5. The van der Waals surface area contributed by atoms with E-state index in [9.17, 15) is 9.59 Å². The minimum absolute atomic E-state index is 0. The van der Waals surface area contributed by atoms with Crippen molar-refractivity contribution in [1.82, 2.24) is 15.6 Å². The lowest BCUT2D eigenvalue weighted by atomic mass is 9.95. The number of carbonyl (C=O) groups excluding carboxylic acids is 2. The molecule has 3 N–H and O–H groups in total. The topological polar surface area (TPSA) is 74.0 Å². The molecule has 1 aromatic heterocycles. The molecule has 1 amide bonds. The lowest BCUT2D eigenvalue weighted by molar-refractivity contribution is 0.0913. The van der Waals surface area contributed by atoms with Crippen LogP contribution in [-0.4, -0.2) is 35.8 Å². The lowest BCUT2D eigenvalue weighted by Crippen LogP contribution is -2.48. The van der Waals surface area contributed by atoms with Gasteiger partial charge in [-0.2, -0.15) is 0 Å². The van der Waals surface area contributed by atoms with Crippen LogP contribution < -0.4 is 10.6 Å². The van der Waals surface area contributed by atoms with E-state index in [2.05, 4.69) is 22.5 Å². The van der Waals surface area contributed by atoms with Gasteiger partial charge in [0.1, 0.15) is 0 Å². The molecule has 6 heteroatoms. The first kappa shape index (κ1) is 18.2. The Morgan fingerprint density at radius 1 is 1.08 bits per heavy atom. The van der Waals surface area contributed by atoms with E-state index in [0.29, 0.717) is 22.6 Å². The maximum Gasteiger partial charge on any atom is 0.251 e. The van der Waals surface area contributed by atoms with E-state index in [1.54, 1.807) is 42.7 Å².